The molecule has 1 aliphatic rings. The molecular weight excluding hydrogens is 348 g/mol. The first kappa shape index (κ1) is 18.8. The smallest absolute Gasteiger partial charge is 0.351 e. The highest BCUT2D eigenvalue weighted by molar-refractivity contribution is 6.08. The molecule has 1 aliphatic carbocycles. The zero-order valence-electron chi connectivity index (χ0n) is 15.4. The van der Waals surface area contributed by atoms with E-state index in [1.165, 1.54) is 19.1 Å². The largest absolute Gasteiger partial charge is 0.507 e. The third-order valence-corrected chi connectivity index (χ3v) is 4.51. The maximum absolute atomic E-state index is 12.3. The number of benzene rings is 1. The summed E-state index contributed by atoms with van der Waals surface area (Å²) in [4.78, 5) is 24.1. The van der Waals surface area contributed by atoms with Gasteiger partial charge < -0.3 is 19.0 Å². The van der Waals surface area contributed by atoms with E-state index in [4.69, 9.17) is 13.9 Å². The topological polar surface area (TPSA) is 86.0 Å². The number of aromatic hydroxyl groups is 1. The van der Waals surface area contributed by atoms with Gasteiger partial charge in [0.2, 0.25) is 0 Å². The zero-order chi connectivity index (χ0) is 19.4. The third-order valence-electron chi connectivity index (χ3n) is 4.51. The van der Waals surface area contributed by atoms with Crippen molar-refractivity contribution in [2.45, 2.75) is 38.7 Å². The first-order valence-corrected chi connectivity index (χ1v) is 8.88. The van der Waals surface area contributed by atoms with E-state index in [0.29, 0.717) is 17.1 Å². The maximum atomic E-state index is 12.3. The molecule has 3 rings (SSSR count). The van der Waals surface area contributed by atoms with E-state index in [1.54, 1.807) is 31.4 Å². The number of hydrogen-bond donors (Lipinski definition) is 1. The summed E-state index contributed by atoms with van der Waals surface area (Å²) in [6.45, 7) is 1.52. The second-order valence-corrected chi connectivity index (χ2v) is 6.54. The van der Waals surface area contributed by atoms with Crippen molar-refractivity contribution in [3.05, 3.63) is 57.6 Å². The minimum atomic E-state index is -0.859. The minimum Gasteiger partial charge on any atom is -0.507 e. The molecule has 0 spiro atoms. The molecule has 0 bridgehead atoms. The molecule has 0 saturated heterocycles. The number of ketones is 1. The van der Waals surface area contributed by atoms with Crippen molar-refractivity contribution in [1.29, 1.82) is 0 Å². The van der Waals surface area contributed by atoms with E-state index >= 15 is 0 Å². The van der Waals surface area contributed by atoms with Gasteiger partial charge in [0.15, 0.2) is 17.3 Å². The summed E-state index contributed by atoms with van der Waals surface area (Å²) in [5.74, 6) is 0.467. The number of carbonyl (C=O) groups excluding carboxylic acids is 1. The Hall–Kier alpha value is -3.02. The van der Waals surface area contributed by atoms with E-state index in [1.807, 2.05) is 0 Å². The molecule has 6 nitrogen and oxygen atoms in total. The highest BCUT2D eigenvalue weighted by Gasteiger charge is 2.19. The lowest BCUT2D eigenvalue weighted by Crippen LogP contribution is -2.13. The van der Waals surface area contributed by atoms with Crippen LogP contribution in [-0.4, -0.2) is 24.1 Å². The molecule has 1 N–H and O–H groups in total. The molecule has 0 unspecified atom stereocenters. The normalized spacial score (nSPS) is 14.6. The molecule has 1 heterocycles. The molecule has 0 amide bonds. The van der Waals surface area contributed by atoms with Crippen LogP contribution >= 0.6 is 0 Å². The summed E-state index contributed by atoms with van der Waals surface area (Å²) >= 11 is 0. The predicted octanol–water partition coefficient (Wildman–Crippen LogP) is 3.88. The van der Waals surface area contributed by atoms with Crippen molar-refractivity contribution in [1.82, 2.24) is 0 Å². The molecule has 6 heteroatoms. The van der Waals surface area contributed by atoms with Crippen LogP contribution in [0.5, 0.6) is 17.2 Å². The lowest BCUT2D eigenvalue weighted by Gasteiger charge is -2.16. The summed E-state index contributed by atoms with van der Waals surface area (Å²) in [6.07, 6.45) is 7.31. The Balaban J connectivity index is 1.82. The fourth-order valence-corrected chi connectivity index (χ4v) is 3.15. The molecule has 1 aromatic carbocycles. The van der Waals surface area contributed by atoms with Gasteiger partial charge in [0.25, 0.3) is 0 Å². The van der Waals surface area contributed by atoms with Crippen LogP contribution in [0.2, 0.25) is 0 Å². The van der Waals surface area contributed by atoms with Crippen molar-refractivity contribution >= 4 is 11.9 Å². The Labute approximate surface area is 157 Å². The fraction of sp³-hybridized carbons (Fsp3) is 0.333. The van der Waals surface area contributed by atoms with Crippen LogP contribution in [0.3, 0.4) is 0 Å². The van der Waals surface area contributed by atoms with E-state index in [-0.39, 0.29) is 17.4 Å². The molecule has 27 heavy (non-hydrogen) atoms. The number of hydrogen-bond acceptors (Lipinski definition) is 6. The number of ether oxygens (including phenoxy) is 2. The number of allylic oxidation sites excluding steroid dienone is 1. The number of aryl methyl sites for hydroxylation is 1. The number of rotatable bonds is 6. The molecule has 142 valence electrons. The summed E-state index contributed by atoms with van der Waals surface area (Å²) in [5, 5.41) is 9.86. The van der Waals surface area contributed by atoms with Crippen molar-refractivity contribution in [3.63, 3.8) is 0 Å². The number of methoxy groups -OCH3 is 1. The molecule has 1 fully saturated rings. The van der Waals surface area contributed by atoms with Crippen LogP contribution < -0.4 is 15.1 Å². The van der Waals surface area contributed by atoms with Crippen molar-refractivity contribution < 1.29 is 23.8 Å². The van der Waals surface area contributed by atoms with E-state index in [0.717, 1.165) is 25.7 Å². The second kappa shape index (κ2) is 8.12. The first-order chi connectivity index (χ1) is 13.0. The van der Waals surface area contributed by atoms with Gasteiger partial charge in [0.1, 0.15) is 17.1 Å². The molecule has 1 saturated carbocycles. The molecule has 2 aromatic rings. The zero-order valence-corrected chi connectivity index (χ0v) is 15.4. The minimum absolute atomic E-state index is 0.175. The van der Waals surface area contributed by atoms with Crippen LogP contribution in [0.15, 0.2) is 39.6 Å². The summed E-state index contributed by atoms with van der Waals surface area (Å²) in [7, 11) is 1.58. The highest BCUT2D eigenvalue weighted by atomic mass is 16.5. The molecule has 0 atom stereocenters. The van der Waals surface area contributed by atoms with Crippen molar-refractivity contribution in [3.8, 4) is 17.2 Å². The van der Waals surface area contributed by atoms with Crippen molar-refractivity contribution in [2.24, 2.45) is 0 Å². The van der Waals surface area contributed by atoms with Crippen LogP contribution in [-0.2, 0) is 0 Å². The first-order valence-electron chi connectivity index (χ1n) is 8.88. The molecule has 0 aliphatic heterocycles. The van der Waals surface area contributed by atoms with Crippen LogP contribution in [0, 0.1) is 6.92 Å². The third kappa shape index (κ3) is 4.39. The summed E-state index contributed by atoms with van der Waals surface area (Å²) in [5.41, 5.74) is -0.525. The monoisotopic (exact) mass is 370 g/mol. The Morgan fingerprint density at radius 3 is 2.63 bits per heavy atom. The summed E-state index contributed by atoms with van der Waals surface area (Å²) < 4.78 is 16.3. The van der Waals surface area contributed by atoms with Gasteiger partial charge in [-0.15, -0.1) is 0 Å². The van der Waals surface area contributed by atoms with Gasteiger partial charge in [-0.1, -0.05) is 12.1 Å². The number of carbonyl (C=O) groups is 1. The average Bonchev–Trinajstić information content (AvgIpc) is 3.12. The molecule has 1 aromatic heterocycles. The standard InChI is InChI=1S/C21H22O6/c1-13-11-17(23)20(21(24)26-13)16(22)9-7-14-8-10-18(25-2)19(12-14)27-15-5-3-4-6-15/h7-12,15,23H,3-6H2,1-2H3/b9-7+. The van der Waals surface area contributed by atoms with Gasteiger partial charge in [-0.3, -0.25) is 4.79 Å². The Bertz CT molecular complexity index is 919. The van der Waals surface area contributed by atoms with Crippen LogP contribution in [0.1, 0.15) is 47.4 Å². The lowest BCUT2D eigenvalue weighted by molar-refractivity contribution is 0.104. The Morgan fingerprint density at radius 1 is 1.22 bits per heavy atom. The van der Waals surface area contributed by atoms with Gasteiger partial charge in [-0.2, -0.15) is 0 Å². The molecular formula is C21H22O6. The SMILES string of the molecule is COc1ccc(/C=C/C(=O)c2c(O)cc(C)oc2=O)cc1OC1CCCC1. The quantitative estimate of drug-likeness (QED) is 0.613. The van der Waals surface area contributed by atoms with Gasteiger partial charge in [-0.25, -0.2) is 4.79 Å². The van der Waals surface area contributed by atoms with Crippen LogP contribution in [0.4, 0.5) is 0 Å². The van der Waals surface area contributed by atoms with Gasteiger partial charge in [0.05, 0.1) is 13.2 Å². The van der Waals surface area contributed by atoms with E-state index in [2.05, 4.69) is 0 Å². The van der Waals surface area contributed by atoms with Gasteiger partial charge in [0, 0.05) is 6.07 Å². The lowest BCUT2D eigenvalue weighted by atomic mass is 10.1. The highest BCUT2D eigenvalue weighted by Crippen LogP contribution is 2.32. The fourth-order valence-electron chi connectivity index (χ4n) is 3.15. The van der Waals surface area contributed by atoms with E-state index < -0.39 is 17.2 Å². The van der Waals surface area contributed by atoms with Crippen molar-refractivity contribution in [2.75, 3.05) is 7.11 Å². The van der Waals surface area contributed by atoms with E-state index in [9.17, 15) is 14.7 Å². The summed E-state index contributed by atoms with van der Waals surface area (Å²) in [6, 6.07) is 6.58. The second-order valence-electron chi connectivity index (χ2n) is 6.54. The maximum Gasteiger partial charge on any atom is 0.351 e. The Kier molecular flexibility index (Phi) is 5.64. The van der Waals surface area contributed by atoms with Gasteiger partial charge in [-0.05, 0) is 56.4 Å². The predicted molar refractivity (Wildman–Crippen MR) is 101 cm³/mol. The Morgan fingerprint density at radius 2 is 1.96 bits per heavy atom. The van der Waals surface area contributed by atoms with Crippen LogP contribution in [0.25, 0.3) is 6.08 Å². The average molecular weight is 370 g/mol. The van der Waals surface area contributed by atoms with Gasteiger partial charge >= 0.3 is 5.63 Å². The molecule has 0 radical (unpaired) electrons.